The van der Waals surface area contributed by atoms with Crippen molar-refractivity contribution in [2.75, 3.05) is 5.32 Å². The van der Waals surface area contributed by atoms with Gasteiger partial charge in [0.2, 0.25) is 12.0 Å². The lowest BCUT2D eigenvalue weighted by molar-refractivity contribution is -0.130. The lowest BCUT2D eigenvalue weighted by Crippen LogP contribution is -2.33. The number of nitrogens with one attached hydrogen (secondary N) is 2. The fraction of sp³-hybridized carbons (Fsp3) is 0.250. The molecule has 0 spiro atoms. The first-order valence-electron chi connectivity index (χ1n) is 8.47. The lowest BCUT2D eigenvalue weighted by atomic mass is 10.1. The molecule has 0 bridgehead atoms. The van der Waals surface area contributed by atoms with Gasteiger partial charge in [-0.15, -0.1) is 0 Å². The molecule has 6 heteroatoms. The van der Waals surface area contributed by atoms with Crippen LogP contribution in [0.4, 0.5) is 5.69 Å². The van der Waals surface area contributed by atoms with Gasteiger partial charge in [0, 0.05) is 24.2 Å². The number of rotatable bonds is 6. The summed E-state index contributed by atoms with van der Waals surface area (Å²) in [5, 5.41) is 5.49. The summed E-state index contributed by atoms with van der Waals surface area (Å²) in [6.07, 6.45) is 0.869. The summed E-state index contributed by atoms with van der Waals surface area (Å²) in [5.41, 5.74) is 1.36. The number of carbonyl (C=O) groups excluding carboxylic acids is 3. The van der Waals surface area contributed by atoms with Gasteiger partial charge < -0.3 is 15.4 Å². The van der Waals surface area contributed by atoms with Crippen molar-refractivity contribution in [3.05, 3.63) is 65.7 Å². The number of hydrogen-bond donors (Lipinski definition) is 2. The first-order valence-corrected chi connectivity index (χ1v) is 8.47. The van der Waals surface area contributed by atoms with Crippen molar-refractivity contribution < 1.29 is 19.1 Å². The zero-order valence-corrected chi connectivity index (χ0v) is 14.4. The molecule has 2 amide bonds. The van der Waals surface area contributed by atoms with Crippen LogP contribution in [0.15, 0.2) is 54.6 Å². The Hall–Kier alpha value is -3.15. The molecule has 0 aliphatic heterocycles. The molecule has 2 aromatic rings. The highest BCUT2D eigenvalue weighted by atomic mass is 16.5. The molecule has 134 valence electrons. The van der Waals surface area contributed by atoms with Crippen molar-refractivity contribution in [1.29, 1.82) is 0 Å². The molecule has 0 heterocycles. The zero-order chi connectivity index (χ0) is 18.5. The van der Waals surface area contributed by atoms with Gasteiger partial charge in [-0.25, -0.2) is 4.79 Å². The number of ether oxygens (including phenoxy) is 1. The quantitative estimate of drug-likeness (QED) is 0.783. The predicted molar refractivity (Wildman–Crippen MR) is 96.5 cm³/mol. The second-order valence-electron chi connectivity index (χ2n) is 6.24. The summed E-state index contributed by atoms with van der Waals surface area (Å²) < 4.78 is 5.51. The highest BCUT2D eigenvalue weighted by Crippen LogP contribution is 2.24. The Balaban J connectivity index is 1.78. The standard InChI is InChI=1S/C20H20N2O4/c1-13(23)21-17-9-5-8-15(12-17)20(25)26-18(14-6-3-2-4-7-14)19(24)22-16-10-11-16/h2-9,12,16,18H,10-11H2,1H3,(H,21,23)(H,22,24)/t18-/m0/s1. The zero-order valence-electron chi connectivity index (χ0n) is 14.4. The molecule has 0 unspecified atom stereocenters. The molecule has 26 heavy (non-hydrogen) atoms. The average Bonchev–Trinajstić information content (AvgIpc) is 3.43. The topological polar surface area (TPSA) is 84.5 Å². The molecule has 3 rings (SSSR count). The van der Waals surface area contributed by atoms with Crippen LogP contribution in [0.3, 0.4) is 0 Å². The summed E-state index contributed by atoms with van der Waals surface area (Å²) in [4.78, 5) is 36.3. The van der Waals surface area contributed by atoms with Crippen LogP contribution >= 0.6 is 0 Å². The third-order valence-electron chi connectivity index (χ3n) is 3.91. The minimum absolute atomic E-state index is 0.163. The SMILES string of the molecule is CC(=O)Nc1cccc(C(=O)O[C@H](C(=O)NC2CC2)c2ccccc2)c1. The molecule has 1 saturated carbocycles. The van der Waals surface area contributed by atoms with Crippen LogP contribution < -0.4 is 10.6 Å². The molecule has 1 aliphatic rings. The van der Waals surface area contributed by atoms with Gasteiger partial charge in [-0.2, -0.15) is 0 Å². The summed E-state index contributed by atoms with van der Waals surface area (Å²) in [7, 11) is 0. The van der Waals surface area contributed by atoms with Crippen molar-refractivity contribution in [2.45, 2.75) is 31.9 Å². The van der Waals surface area contributed by atoms with Crippen molar-refractivity contribution in [3.63, 3.8) is 0 Å². The number of benzene rings is 2. The molecular weight excluding hydrogens is 332 g/mol. The van der Waals surface area contributed by atoms with Crippen molar-refractivity contribution >= 4 is 23.5 Å². The summed E-state index contributed by atoms with van der Waals surface area (Å²) in [5.74, 6) is -1.19. The monoisotopic (exact) mass is 352 g/mol. The first-order chi connectivity index (χ1) is 12.5. The maximum atomic E-state index is 12.6. The molecule has 0 radical (unpaired) electrons. The predicted octanol–water partition coefficient (Wildman–Crippen LogP) is 2.82. The van der Waals surface area contributed by atoms with Crippen LogP contribution in [0.5, 0.6) is 0 Å². The van der Waals surface area contributed by atoms with Crippen molar-refractivity contribution in [3.8, 4) is 0 Å². The average molecular weight is 352 g/mol. The normalized spacial score (nSPS) is 14.2. The van der Waals surface area contributed by atoms with Crippen LogP contribution in [0.2, 0.25) is 0 Å². The fourth-order valence-corrected chi connectivity index (χ4v) is 2.51. The molecule has 6 nitrogen and oxygen atoms in total. The molecule has 2 aromatic carbocycles. The van der Waals surface area contributed by atoms with Gasteiger partial charge in [0.15, 0.2) is 0 Å². The molecule has 0 aromatic heterocycles. The molecule has 0 saturated heterocycles. The molecule has 1 atom stereocenters. The minimum Gasteiger partial charge on any atom is -0.444 e. The highest BCUT2D eigenvalue weighted by molar-refractivity contribution is 5.95. The van der Waals surface area contributed by atoms with E-state index in [-0.39, 0.29) is 23.4 Å². The maximum Gasteiger partial charge on any atom is 0.339 e. The van der Waals surface area contributed by atoms with E-state index in [1.165, 1.54) is 13.0 Å². The van der Waals surface area contributed by atoms with Crippen molar-refractivity contribution in [1.82, 2.24) is 5.32 Å². The van der Waals surface area contributed by atoms with E-state index in [0.29, 0.717) is 11.3 Å². The van der Waals surface area contributed by atoms with Crippen LogP contribution in [0.1, 0.15) is 41.8 Å². The Morgan fingerprint density at radius 1 is 1.04 bits per heavy atom. The van der Waals surface area contributed by atoms with Crippen LogP contribution in [0.25, 0.3) is 0 Å². The summed E-state index contributed by atoms with van der Waals surface area (Å²) in [6.45, 7) is 1.39. The van der Waals surface area contributed by atoms with Gasteiger partial charge in [0.1, 0.15) is 0 Å². The number of anilines is 1. The number of carbonyl (C=O) groups is 3. The molecule has 1 aliphatic carbocycles. The smallest absolute Gasteiger partial charge is 0.339 e. The summed E-state index contributed by atoms with van der Waals surface area (Å²) in [6, 6.07) is 15.5. The van der Waals surface area contributed by atoms with E-state index in [0.717, 1.165) is 12.8 Å². The maximum absolute atomic E-state index is 12.6. The fourth-order valence-electron chi connectivity index (χ4n) is 2.51. The Labute approximate surface area is 151 Å². The van der Waals surface area contributed by atoms with Gasteiger partial charge in [0.05, 0.1) is 5.56 Å². The van der Waals surface area contributed by atoms with Gasteiger partial charge in [-0.1, -0.05) is 36.4 Å². The number of hydrogen-bond acceptors (Lipinski definition) is 4. The van der Waals surface area contributed by atoms with Crippen molar-refractivity contribution in [2.24, 2.45) is 0 Å². The Bertz CT molecular complexity index is 816. The molecule has 2 N–H and O–H groups in total. The van der Waals surface area contributed by atoms with E-state index in [4.69, 9.17) is 4.74 Å². The van der Waals surface area contributed by atoms with E-state index in [2.05, 4.69) is 10.6 Å². The molecule has 1 fully saturated rings. The van der Waals surface area contributed by atoms with E-state index in [1.807, 2.05) is 6.07 Å². The Kier molecular flexibility index (Phi) is 5.31. The van der Waals surface area contributed by atoms with Gasteiger partial charge in [-0.3, -0.25) is 9.59 Å². The summed E-state index contributed by atoms with van der Waals surface area (Å²) >= 11 is 0. The second-order valence-corrected chi connectivity index (χ2v) is 6.24. The van der Waals surface area contributed by atoms with Crippen LogP contribution in [0, 0.1) is 0 Å². The number of esters is 1. The van der Waals surface area contributed by atoms with E-state index < -0.39 is 12.1 Å². The largest absolute Gasteiger partial charge is 0.444 e. The lowest BCUT2D eigenvalue weighted by Gasteiger charge is -2.18. The first kappa shape index (κ1) is 17.7. The van der Waals surface area contributed by atoms with Gasteiger partial charge >= 0.3 is 5.97 Å². The molecular formula is C20H20N2O4. The minimum atomic E-state index is -1.02. The van der Waals surface area contributed by atoms with E-state index >= 15 is 0 Å². The van der Waals surface area contributed by atoms with E-state index in [9.17, 15) is 14.4 Å². The van der Waals surface area contributed by atoms with Crippen LogP contribution in [-0.2, 0) is 14.3 Å². The van der Waals surface area contributed by atoms with E-state index in [1.54, 1.807) is 42.5 Å². The number of amides is 2. The van der Waals surface area contributed by atoms with Crippen LogP contribution in [-0.4, -0.2) is 23.8 Å². The van der Waals surface area contributed by atoms with Gasteiger partial charge in [0.25, 0.3) is 5.91 Å². The Morgan fingerprint density at radius 2 is 1.77 bits per heavy atom. The third kappa shape index (κ3) is 4.69. The Morgan fingerprint density at radius 3 is 2.42 bits per heavy atom. The van der Waals surface area contributed by atoms with Gasteiger partial charge in [-0.05, 0) is 31.0 Å². The second kappa shape index (κ2) is 7.82. The highest BCUT2D eigenvalue weighted by Gasteiger charge is 2.31. The third-order valence-corrected chi connectivity index (χ3v) is 3.91.